The highest BCUT2D eigenvalue weighted by molar-refractivity contribution is 8.00. The molecule has 0 spiro atoms. The Kier molecular flexibility index (Phi) is 6.38. The zero-order chi connectivity index (χ0) is 20.2. The van der Waals surface area contributed by atoms with E-state index in [2.05, 4.69) is 39.5 Å². The lowest BCUT2D eigenvalue weighted by Crippen LogP contribution is -2.40. The number of aromatic nitrogens is 3. The van der Waals surface area contributed by atoms with E-state index in [1.807, 2.05) is 24.0 Å². The van der Waals surface area contributed by atoms with Crippen LogP contribution in [-0.4, -0.2) is 32.5 Å². The molecule has 4 rings (SSSR count). The topological polar surface area (TPSA) is 51.0 Å². The molecule has 1 aliphatic heterocycles. The first-order chi connectivity index (χ1) is 14.2. The van der Waals surface area contributed by atoms with Crippen LogP contribution in [0, 0.1) is 0 Å². The molecule has 154 valence electrons. The fourth-order valence-corrected chi connectivity index (χ4v) is 5.47. The van der Waals surface area contributed by atoms with Gasteiger partial charge in [-0.25, -0.2) is 0 Å². The number of benzene rings is 1. The van der Waals surface area contributed by atoms with E-state index in [1.165, 1.54) is 49.4 Å². The van der Waals surface area contributed by atoms with E-state index in [1.54, 1.807) is 0 Å². The van der Waals surface area contributed by atoms with Crippen molar-refractivity contribution in [2.75, 3.05) is 11.4 Å². The Balaban J connectivity index is 1.52. The van der Waals surface area contributed by atoms with Crippen LogP contribution in [0.2, 0.25) is 0 Å². The van der Waals surface area contributed by atoms with Gasteiger partial charge in [-0.3, -0.25) is 4.79 Å². The van der Waals surface area contributed by atoms with Gasteiger partial charge in [-0.15, -0.1) is 16.8 Å². The Morgan fingerprint density at radius 1 is 1.24 bits per heavy atom. The minimum atomic E-state index is -0.215. The summed E-state index contributed by atoms with van der Waals surface area (Å²) < 4.78 is 2.17. The van der Waals surface area contributed by atoms with Crippen LogP contribution in [-0.2, 0) is 17.8 Å². The number of aryl methyl sites for hydroxylation is 1. The second kappa shape index (κ2) is 9.16. The summed E-state index contributed by atoms with van der Waals surface area (Å²) in [4.78, 5) is 15.2. The summed E-state index contributed by atoms with van der Waals surface area (Å²) >= 11 is 1.52. The number of para-hydroxylation sites is 1. The third-order valence-electron chi connectivity index (χ3n) is 6.03. The molecule has 1 aliphatic carbocycles. The minimum absolute atomic E-state index is 0.148. The molecular weight excluding hydrogens is 380 g/mol. The standard InChI is InChI=1S/C23H30N4OS/c1-3-15-27-21(19-11-5-4-6-12-19)24-25-23(27)29-17(2)22(28)26-16-9-13-18-10-7-8-14-20(18)26/h3,7-8,10,14,17,19H,1,4-6,9,11-13,15-16H2,2H3. The predicted octanol–water partition coefficient (Wildman–Crippen LogP) is 4.97. The fourth-order valence-electron chi connectivity index (χ4n) is 4.54. The molecule has 5 nitrogen and oxygen atoms in total. The molecular formula is C23H30N4OS. The van der Waals surface area contributed by atoms with Crippen molar-refractivity contribution in [3.63, 3.8) is 0 Å². The van der Waals surface area contributed by atoms with Gasteiger partial charge in [0.2, 0.25) is 5.91 Å². The zero-order valence-electron chi connectivity index (χ0n) is 17.2. The van der Waals surface area contributed by atoms with Crippen molar-refractivity contribution in [3.05, 3.63) is 48.3 Å². The summed E-state index contributed by atoms with van der Waals surface area (Å²) in [6.07, 6.45) is 10.1. The van der Waals surface area contributed by atoms with Gasteiger partial charge < -0.3 is 9.47 Å². The van der Waals surface area contributed by atoms with Crippen molar-refractivity contribution in [1.82, 2.24) is 14.8 Å². The van der Waals surface area contributed by atoms with Gasteiger partial charge in [0.1, 0.15) is 5.82 Å². The number of anilines is 1. The third kappa shape index (κ3) is 4.27. The van der Waals surface area contributed by atoms with Crippen LogP contribution in [0.25, 0.3) is 0 Å². The van der Waals surface area contributed by atoms with Crippen LogP contribution in [0.5, 0.6) is 0 Å². The third-order valence-corrected chi connectivity index (χ3v) is 7.10. The van der Waals surface area contributed by atoms with E-state index in [4.69, 9.17) is 0 Å². The Labute approximate surface area is 177 Å². The van der Waals surface area contributed by atoms with Gasteiger partial charge in [-0.1, -0.05) is 55.3 Å². The number of fused-ring (bicyclic) bond motifs is 1. The monoisotopic (exact) mass is 410 g/mol. The van der Waals surface area contributed by atoms with Crippen molar-refractivity contribution in [3.8, 4) is 0 Å². The minimum Gasteiger partial charge on any atom is -0.311 e. The van der Waals surface area contributed by atoms with E-state index in [-0.39, 0.29) is 11.2 Å². The van der Waals surface area contributed by atoms with Crippen molar-refractivity contribution >= 4 is 23.4 Å². The summed E-state index contributed by atoms with van der Waals surface area (Å²) in [7, 11) is 0. The lowest BCUT2D eigenvalue weighted by Gasteiger charge is -2.31. The van der Waals surface area contributed by atoms with Gasteiger partial charge in [0.15, 0.2) is 5.16 Å². The lowest BCUT2D eigenvalue weighted by molar-refractivity contribution is -0.117. The summed E-state index contributed by atoms with van der Waals surface area (Å²) in [6, 6.07) is 8.25. The molecule has 6 heteroatoms. The van der Waals surface area contributed by atoms with Gasteiger partial charge in [-0.2, -0.15) is 0 Å². The Hall–Kier alpha value is -2.08. The molecule has 1 atom stereocenters. The zero-order valence-corrected chi connectivity index (χ0v) is 18.0. The van der Waals surface area contributed by atoms with Gasteiger partial charge in [0.05, 0.1) is 5.25 Å². The number of carbonyl (C=O) groups is 1. The molecule has 2 aromatic rings. The van der Waals surface area contributed by atoms with Crippen LogP contribution < -0.4 is 4.90 Å². The van der Waals surface area contributed by atoms with E-state index in [9.17, 15) is 4.79 Å². The summed E-state index contributed by atoms with van der Waals surface area (Å²) in [5.41, 5.74) is 2.32. The molecule has 1 aromatic heterocycles. The fraction of sp³-hybridized carbons (Fsp3) is 0.522. The number of thioether (sulfide) groups is 1. The molecule has 1 amide bonds. The Morgan fingerprint density at radius 3 is 2.83 bits per heavy atom. The molecule has 0 N–H and O–H groups in total. The molecule has 29 heavy (non-hydrogen) atoms. The van der Waals surface area contributed by atoms with E-state index >= 15 is 0 Å². The SMILES string of the molecule is C=CCn1c(SC(C)C(=O)N2CCCc3ccccc32)nnc1C1CCCCC1. The van der Waals surface area contributed by atoms with Crippen molar-refractivity contribution in [2.24, 2.45) is 0 Å². The largest absolute Gasteiger partial charge is 0.311 e. The highest BCUT2D eigenvalue weighted by Crippen LogP contribution is 2.35. The molecule has 1 saturated carbocycles. The first kappa shape index (κ1) is 20.2. The van der Waals surface area contributed by atoms with Gasteiger partial charge in [-0.05, 0) is 44.2 Å². The maximum atomic E-state index is 13.3. The maximum absolute atomic E-state index is 13.3. The number of hydrogen-bond acceptors (Lipinski definition) is 4. The smallest absolute Gasteiger partial charge is 0.240 e. The number of allylic oxidation sites excluding steroid dienone is 1. The summed E-state index contributed by atoms with van der Waals surface area (Å²) in [5, 5.41) is 9.63. The van der Waals surface area contributed by atoms with Gasteiger partial charge in [0.25, 0.3) is 0 Å². The summed E-state index contributed by atoms with van der Waals surface area (Å²) in [6.45, 7) is 7.37. The second-order valence-electron chi connectivity index (χ2n) is 8.06. The first-order valence-corrected chi connectivity index (χ1v) is 11.7. The number of hydrogen-bond donors (Lipinski definition) is 0. The van der Waals surface area contributed by atoms with Crippen LogP contribution in [0.3, 0.4) is 0 Å². The lowest BCUT2D eigenvalue weighted by atomic mass is 9.89. The molecule has 1 aromatic carbocycles. The Bertz CT molecular complexity index is 872. The highest BCUT2D eigenvalue weighted by Gasteiger charge is 2.29. The van der Waals surface area contributed by atoms with Crippen molar-refractivity contribution in [1.29, 1.82) is 0 Å². The van der Waals surface area contributed by atoms with Gasteiger partial charge in [0, 0.05) is 24.7 Å². The number of amides is 1. The number of nitrogens with zero attached hydrogens (tertiary/aromatic N) is 4. The van der Waals surface area contributed by atoms with Crippen LogP contribution >= 0.6 is 11.8 Å². The van der Waals surface area contributed by atoms with Crippen molar-refractivity contribution in [2.45, 2.75) is 74.7 Å². The molecule has 2 heterocycles. The number of carbonyl (C=O) groups excluding carboxylic acids is 1. The van der Waals surface area contributed by atoms with Crippen LogP contribution in [0.15, 0.2) is 42.1 Å². The van der Waals surface area contributed by atoms with Crippen LogP contribution in [0.4, 0.5) is 5.69 Å². The van der Waals surface area contributed by atoms with E-state index < -0.39 is 0 Å². The average Bonchev–Trinajstić information content (AvgIpc) is 3.16. The highest BCUT2D eigenvalue weighted by atomic mass is 32.2. The van der Waals surface area contributed by atoms with E-state index in [0.717, 1.165) is 36.1 Å². The first-order valence-electron chi connectivity index (χ1n) is 10.8. The molecule has 1 unspecified atom stereocenters. The predicted molar refractivity (Wildman–Crippen MR) is 118 cm³/mol. The molecule has 0 radical (unpaired) electrons. The van der Waals surface area contributed by atoms with E-state index in [0.29, 0.717) is 12.5 Å². The van der Waals surface area contributed by atoms with Crippen LogP contribution in [0.1, 0.15) is 62.8 Å². The molecule has 1 fully saturated rings. The second-order valence-corrected chi connectivity index (χ2v) is 9.37. The van der Waals surface area contributed by atoms with Gasteiger partial charge >= 0.3 is 0 Å². The summed E-state index contributed by atoms with van der Waals surface area (Å²) in [5.74, 6) is 1.69. The molecule has 0 saturated heterocycles. The maximum Gasteiger partial charge on any atom is 0.240 e. The Morgan fingerprint density at radius 2 is 2.03 bits per heavy atom. The normalized spacial score (nSPS) is 18.3. The quantitative estimate of drug-likeness (QED) is 0.498. The molecule has 2 aliphatic rings. The number of rotatable bonds is 6. The van der Waals surface area contributed by atoms with Crippen molar-refractivity contribution < 1.29 is 4.79 Å². The average molecular weight is 411 g/mol. The molecule has 0 bridgehead atoms.